The molecule has 5 heteroatoms. The van der Waals surface area contributed by atoms with Gasteiger partial charge in [-0.2, -0.15) is 0 Å². The molecule has 1 saturated carbocycles. The van der Waals surface area contributed by atoms with Gasteiger partial charge in [-0.25, -0.2) is 0 Å². The molecule has 112 valence electrons. The largest absolute Gasteiger partial charge is 0.289 e. The van der Waals surface area contributed by atoms with E-state index in [9.17, 15) is 4.79 Å². The Morgan fingerprint density at radius 3 is 1.50 bits per heavy atom. The molecule has 20 heavy (non-hydrogen) atoms. The van der Waals surface area contributed by atoms with Crippen molar-refractivity contribution in [3.8, 4) is 0 Å². The topological polar surface area (TPSA) is 17.1 Å². The molecule has 3 rings (SSSR count). The molecule has 1 aromatic heterocycles. The summed E-state index contributed by atoms with van der Waals surface area (Å²) in [5.41, 5.74) is 0. The van der Waals surface area contributed by atoms with Crippen molar-refractivity contribution in [1.29, 1.82) is 0 Å². The van der Waals surface area contributed by atoms with Crippen LogP contribution >= 0.6 is 46.2 Å². The summed E-state index contributed by atoms with van der Waals surface area (Å²) in [5.74, 6) is 0. The summed E-state index contributed by atoms with van der Waals surface area (Å²) >= 11 is 7.00. The van der Waals surface area contributed by atoms with Crippen molar-refractivity contribution >= 4 is 46.2 Å². The van der Waals surface area contributed by atoms with Crippen LogP contribution in [0.2, 0.25) is 0 Å². The van der Waals surface area contributed by atoms with Crippen LogP contribution in [0.15, 0.2) is 13.2 Å². The third-order valence-corrected chi connectivity index (χ3v) is 10.1. The van der Waals surface area contributed by atoms with Gasteiger partial charge in [0.25, 0.3) is 4.06 Å². The summed E-state index contributed by atoms with van der Waals surface area (Å²) in [5, 5.41) is 1.49. The SMILES string of the molecule is O=c1sc2c(s1)S[C@H]1CCCCCCCCCC[C@@H]1S2. The van der Waals surface area contributed by atoms with Crippen LogP contribution < -0.4 is 4.06 Å². The molecular weight excluding hydrogens is 324 g/mol. The molecule has 0 amide bonds. The maximum atomic E-state index is 11.6. The molecule has 1 fully saturated rings. The van der Waals surface area contributed by atoms with Crippen LogP contribution in [0.4, 0.5) is 0 Å². The highest BCUT2D eigenvalue weighted by molar-refractivity contribution is 8.08. The predicted octanol–water partition coefficient (Wildman–Crippen LogP) is 6.02. The van der Waals surface area contributed by atoms with Crippen molar-refractivity contribution in [2.24, 2.45) is 0 Å². The lowest BCUT2D eigenvalue weighted by Gasteiger charge is -2.30. The van der Waals surface area contributed by atoms with Gasteiger partial charge in [0.1, 0.15) is 0 Å². The maximum absolute atomic E-state index is 11.6. The van der Waals surface area contributed by atoms with E-state index in [0.29, 0.717) is 0 Å². The van der Waals surface area contributed by atoms with Crippen molar-refractivity contribution in [2.75, 3.05) is 0 Å². The monoisotopic (exact) mass is 346 g/mol. The van der Waals surface area contributed by atoms with Crippen molar-refractivity contribution in [2.45, 2.75) is 83.1 Å². The normalized spacial score (nSPS) is 28.8. The maximum Gasteiger partial charge on any atom is 0.289 e. The molecule has 1 aliphatic heterocycles. The molecule has 1 aromatic rings. The molecule has 0 aromatic carbocycles. The van der Waals surface area contributed by atoms with E-state index in [1.165, 1.54) is 95.3 Å². The van der Waals surface area contributed by atoms with E-state index in [4.69, 9.17) is 0 Å². The number of hydrogen-bond acceptors (Lipinski definition) is 5. The van der Waals surface area contributed by atoms with Crippen molar-refractivity contribution < 1.29 is 0 Å². The second-order valence-electron chi connectivity index (χ2n) is 5.75. The van der Waals surface area contributed by atoms with Crippen molar-refractivity contribution in [3.63, 3.8) is 0 Å². The van der Waals surface area contributed by atoms with E-state index in [0.717, 1.165) is 10.5 Å². The Kier molecular flexibility index (Phi) is 5.95. The quantitative estimate of drug-likeness (QED) is 0.572. The summed E-state index contributed by atoms with van der Waals surface area (Å²) < 4.78 is 2.92. The van der Waals surface area contributed by atoms with Gasteiger partial charge in [0.05, 0.1) is 8.42 Å². The Morgan fingerprint density at radius 1 is 0.650 bits per heavy atom. The molecule has 0 N–H and O–H groups in total. The molecule has 2 heterocycles. The van der Waals surface area contributed by atoms with Gasteiger partial charge in [0.15, 0.2) is 0 Å². The molecule has 1 nitrogen and oxygen atoms in total. The average molecular weight is 347 g/mol. The Morgan fingerprint density at radius 2 is 1.05 bits per heavy atom. The van der Waals surface area contributed by atoms with Gasteiger partial charge in [0.2, 0.25) is 0 Å². The first-order valence-electron chi connectivity index (χ1n) is 7.80. The number of hydrogen-bond donors (Lipinski definition) is 0. The third kappa shape index (κ3) is 4.05. The Hall–Kier alpha value is 0.550. The number of fused-ring (bicyclic) bond motifs is 2. The van der Waals surface area contributed by atoms with Gasteiger partial charge in [-0.15, -0.1) is 23.5 Å². The van der Waals surface area contributed by atoms with Crippen molar-refractivity contribution in [3.05, 3.63) is 8.85 Å². The van der Waals surface area contributed by atoms with E-state index in [-0.39, 0.29) is 4.06 Å². The summed E-state index contributed by atoms with van der Waals surface area (Å²) in [6, 6.07) is 0. The smallest absolute Gasteiger partial charge is 0.265 e. The molecule has 0 saturated heterocycles. The Bertz CT molecular complexity index is 438. The van der Waals surface area contributed by atoms with Gasteiger partial charge in [-0.3, -0.25) is 4.79 Å². The zero-order valence-corrected chi connectivity index (χ0v) is 15.0. The van der Waals surface area contributed by atoms with Crippen LogP contribution in [0.25, 0.3) is 0 Å². The first-order chi connectivity index (χ1) is 9.83. The molecule has 2 atom stereocenters. The summed E-state index contributed by atoms with van der Waals surface area (Å²) in [4.78, 5) is 11.6. The van der Waals surface area contributed by atoms with Crippen LogP contribution in [0.1, 0.15) is 64.2 Å². The zero-order valence-electron chi connectivity index (χ0n) is 11.8. The molecule has 0 unspecified atom stereocenters. The zero-order chi connectivity index (χ0) is 13.8. The summed E-state index contributed by atoms with van der Waals surface area (Å²) in [6.45, 7) is 0. The predicted molar refractivity (Wildman–Crippen MR) is 93.9 cm³/mol. The lowest BCUT2D eigenvalue weighted by atomic mass is 10.0. The van der Waals surface area contributed by atoms with E-state index in [2.05, 4.69) is 0 Å². The lowest BCUT2D eigenvalue weighted by Crippen LogP contribution is -2.22. The van der Waals surface area contributed by atoms with Gasteiger partial charge in [-0.05, 0) is 12.8 Å². The number of thioether (sulfide) groups is 2. The first kappa shape index (κ1) is 15.4. The van der Waals surface area contributed by atoms with Gasteiger partial charge < -0.3 is 0 Å². The summed E-state index contributed by atoms with van der Waals surface area (Å²) in [6.07, 6.45) is 14.0. The molecule has 0 spiro atoms. The van der Waals surface area contributed by atoms with Gasteiger partial charge in [-0.1, -0.05) is 74.0 Å². The minimum Gasteiger partial charge on any atom is -0.265 e. The fraction of sp³-hybridized carbons (Fsp3) is 0.800. The second-order valence-corrected chi connectivity index (χ2v) is 11.0. The Balaban J connectivity index is 1.69. The highest BCUT2D eigenvalue weighted by Gasteiger charge is 2.31. The standard InChI is InChI=1S/C15H22OS4/c16-15-19-13-14(20-15)18-12-10-8-6-4-2-1-3-5-7-9-11(12)17-13/h11-12H,1-10H2/t11-,12-/m0/s1. The van der Waals surface area contributed by atoms with Gasteiger partial charge in [0, 0.05) is 10.5 Å². The first-order valence-corrected chi connectivity index (χ1v) is 11.2. The Labute approximate surface area is 137 Å². The van der Waals surface area contributed by atoms with Crippen LogP contribution in [0.3, 0.4) is 0 Å². The molecule has 1 aliphatic carbocycles. The van der Waals surface area contributed by atoms with Crippen molar-refractivity contribution in [1.82, 2.24) is 0 Å². The minimum absolute atomic E-state index is 0.285. The molecule has 0 radical (unpaired) electrons. The van der Waals surface area contributed by atoms with Crippen LogP contribution in [0.5, 0.6) is 0 Å². The highest BCUT2D eigenvalue weighted by atomic mass is 32.2. The van der Waals surface area contributed by atoms with Crippen LogP contribution in [0, 0.1) is 0 Å². The lowest BCUT2D eigenvalue weighted by molar-refractivity contribution is 0.514. The van der Waals surface area contributed by atoms with Crippen LogP contribution in [-0.4, -0.2) is 10.5 Å². The number of rotatable bonds is 0. The van der Waals surface area contributed by atoms with Crippen LogP contribution in [-0.2, 0) is 0 Å². The van der Waals surface area contributed by atoms with E-state index in [1.54, 1.807) is 0 Å². The fourth-order valence-electron chi connectivity index (χ4n) is 3.07. The van der Waals surface area contributed by atoms with Gasteiger partial charge >= 0.3 is 0 Å². The second kappa shape index (κ2) is 7.70. The third-order valence-electron chi connectivity index (χ3n) is 4.18. The van der Waals surface area contributed by atoms with E-state index in [1.807, 2.05) is 23.5 Å². The molecule has 2 aliphatic rings. The average Bonchev–Trinajstić information content (AvgIpc) is 2.77. The fourth-order valence-corrected chi connectivity index (χ4v) is 9.40. The minimum atomic E-state index is 0.285. The van der Waals surface area contributed by atoms with E-state index >= 15 is 0 Å². The molecular formula is C15H22OS4. The molecule has 0 bridgehead atoms. The van der Waals surface area contributed by atoms with E-state index < -0.39 is 0 Å². The summed E-state index contributed by atoms with van der Waals surface area (Å²) in [7, 11) is 0. The highest BCUT2D eigenvalue weighted by Crippen LogP contribution is 2.51.